The van der Waals surface area contributed by atoms with Gasteiger partial charge in [-0.05, 0) is 0 Å². The van der Waals surface area contributed by atoms with E-state index in [-0.39, 0.29) is 63.4 Å². The first kappa shape index (κ1) is 17.6. The van der Waals surface area contributed by atoms with E-state index in [4.69, 9.17) is 29.1 Å². The van der Waals surface area contributed by atoms with Gasteiger partial charge in [0.25, 0.3) is 0 Å². The zero-order valence-corrected chi connectivity index (χ0v) is 9.68. The van der Waals surface area contributed by atoms with Gasteiger partial charge in [-0.1, -0.05) is 0 Å². The van der Waals surface area contributed by atoms with Crippen LogP contribution in [-0.4, -0.2) is 4.55 Å². The molecular weight excluding hydrogens is 208 g/mol. The zero-order valence-electron chi connectivity index (χ0n) is 4.84. The van der Waals surface area contributed by atoms with Crippen LogP contribution in [0.15, 0.2) is 0 Å². The molecule has 0 heterocycles. The van der Waals surface area contributed by atoms with Crippen LogP contribution in [0.1, 0.15) is 0 Å². The van der Waals surface area contributed by atoms with E-state index in [0.717, 1.165) is 0 Å². The van der Waals surface area contributed by atoms with Gasteiger partial charge in [0.05, 0.1) is 0 Å². The fourth-order valence-electron chi connectivity index (χ4n) is 0. The third-order valence-corrected chi connectivity index (χ3v) is 0.112. The van der Waals surface area contributed by atoms with Crippen LogP contribution in [0, 0.1) is 10.7 Å². The van der Waals surface area contributed by atoms with Crippen molar-refractivity contribution in [3.05, 3.63) is 0 Å². The zero-order chi connectivity index (χ0) is 7.91. The van der Waals surface area contributed by atoms with E-state index in [9.17, 15) is 0 Å². The van der Waals surface area contributed by atoms with E-state index in [1.807, 2.05) is 0 Å². The summed E-state index contributed by atoms with van der Waals surface area (Å²) in [5.41, 5.74) is 0. The largest absolute Gasteiger partial charge is 1.00 e. The first-order valence-electron chi connectivity index (χ1n) is 1.32. The third-order valence-electron chi connectivity index (χ3n) is 0.0373. The number of nitrogens with zero attached hydrogens (tertiary/aromatic N) is 1. The number of nitriles is 1. The van der Waals surface area contributed by atoms with E-state index in [2.05, 4.69) is 0 Å². The molecule has 0 aliphatic carbocycles. The molecule has 0 spiro atoms. The normalized spacial score (nSPS) is 7.90. The quantitative estimate of drug-likeness (QED) is 0.168. The van der Waals surface area contributed by atoms with E-state index in [1.54, 1.807) is 0 Å². The Morgan fingerprint density at radius 1 is 1.40 bits per heavy atom. The Hall–Kier alpha value is 1.55. The molecule has 0 saturated carbocycles. The molecule has 0 saturated heterocycles. The molecule has 10 heavy (non-hydrogen) atoms. The van der Waals surface area contributed by atoms with Gasteiger partial charge < -0.3 is 23.8 Å². The van der Waals surface area contributed by atoms with Gasteiger partial charge in [-0.15, -0.1) is 12.0 Å². The van der Waals surface area contributed by atoms with Gasteiger partial charge in [0.15, 0.2) is 0 Å². The van der Waals surface area contributed by atoms with Crippen LogP contribution in [0.4, 0.5) is 0 Å². The molecule has 0 bridgehead atoms. The minimum atomic E-state index is -5.39. The molecule has 0 radical (unpaired) electrons. The van der Waals surface area contributed by atoms with Crippen molar-refractivity contribution in [3.63, 3.8) is 0 Å². The van der Waals surface area contributed by atoms with E-state index in [0.29, 0.717) is 0 Å². The van der Waals surface area contributed by atoms with Crippen molar-refractivity contribution < 1.29 is 75.2 Å². The molecule has 0 N–H and O–H groups in total. The predicted octanol–water partition coefficient (Wildman–Crippen LogP) is -5.49. The van der Waals surface area contributed by atoms with E-state index < -0.39 is 7.82 Å². The Morgan fingerprint density at radius 2 is 1.50 bits per heavy atom. The molecule has 0 amide bonds. The molecule has 0 unspecified atom stereocenters. The summed E-state index contributed by atoms with van der Waals surface area (Å²) in [5.74, 6) is 0. The fourth-order valence-corrected chi connectivity index (χ4v) is 0. The topological polar surface area (TPSA) is 133 Å². The van der Waals surface area contributed by atoms with Crippen LogP contribution >= 0.6 is 19.9 Å². The van der Waals surface area contributed by atoms with Crippen LogP contribution in [0.25, 0.3) is 0 Å². The van der Waals surface area contributed by atoms with E-state index >= 15 is 0 Å². The Kier molecular flexibility index (Phi) is 18.5. The SMILES string of the molecule is N#CS[O-].O=P([O-])([O-])[O-].[K+]. The molecule has 9 heteroatoms. The summed E-state index contributed by atoms with van der Waals surface area (Å²) in [6.07, 6.45) is 0. The van der Waals surface area contributed by atoms with Gasteiger partial charge in [-0.3, -0.25) is 0 Å². The number of hydrogen-bond acceptors (Lipinski definition) is 7. The molecule has 0 rings (SSSR count). The van der Waals surface area contributed by atoms with Crippen molar-refractivity contribution in [1.82, 2.24) is 0 Å². The molecule has 0 aromatic heterocycles. The van der Waals surface area contributed by atoms with Crippen LogP contribution in [0.5, 0.6) is 0 Å². The smallest absolute Gasteiger partial charge is 0.822 e. The Labute approximate surface area is 104 Å². The first-order chi connectivity index (χ1) is 3.91. The second kappa shape index (κ2) is 10.5. The van der Waals surface area contributed by atoms with Crippen LogP contribution < -0.4 is 66.1 Å². The van der Waals surface area contributed by atoms with Crippen molar-refractivity contribution >= 4 is 19.9 Å². The van der Waals surface area contributed by atoms with Crippen LogP contribution in [-0.2, 0) is 4.57 Å². The Morgan fingerprint density at radius 3 is 1.50 bits per heavy atom. The number of hydrogen-bond donors (Lipinski definition) is 0. The Balaban J connectivity index is -0.0000000910. The van der Waals surface area contributed by atoms with Crippen molar-refractivity contribution in [2.24, 2.45) is 0 Å². The van der Waals surface area contributed by atoms with Crippen LogP contribution in [0.3, 0.4) is 0 Å². The average Bonchev–Trinajstić information content (AvgIpc) is 1.61. The number of thiocyanates is 1. The van der Waals surface area contributed by atoms with Gasteiger partial charge in [-0.25, -0.2) is 0 Å². The summed E-state index contributed by atoms with van der Waals surface area (Å²) >= 11 is -0.0880. The van der Waals surface area contributed by atoms with Crippen molar-refractivity contribution in [2.75, 3.05) is 0 Å². The number of rotatable bonds is 0. The van der Waals surface area contributed by atoms with Gasteiger partial charge in [0.2, 0.25) is 0 Å². The summed E-state index contributed by atoms with van der Waals surface area (Å²) in [6, 6.07) is 0. The van der Waals surface area contributed by atoms with Crippen molar-refractivity contribution in [3.8, 4) is 5.40 Å². The second-order valence-electron chi connectivity index (χ2n) is 0.622. The molecule has 0 aliphatic rings. The van der Waals surface area contributed by atoms with Gasteiger partial charge >= 0.3 is 51.4 Å². The summed E-state index contributed by atoms with van der Waals surface area (Å²) in [5, 5.41) is 8.57. The maximum Gasteiger partial charge on any atom is 1.00 e. The fraction of sp³-hybridized carbons (Fsp3) is 0. The van der Waals surface area contributed by atoms with E-state index in [1.165, 1.54) is 5.40 Å². The Bertz CT molecular complexity index is 131. The first-order valence-corrected chi connectivity index (χ1v) is 3.53. The molecular formula is CKNO5PS-3. The maximum atomic E-state index is 8.85. The van der Waals surface area contributed by atoms with Gasteiger partial charge in [-0.2, -0.15) is 13.1 Å². The molecule has 6 nitrogen and oxygen atoms in total. The van der Waals surface area contributed by atoms with Gasteiger partial charge in [0, 0.05) is 0 Å². The minimum Gasteiger partial charge on any atom is -0.822 e. The average molecular weight is 208 g/mol. The number of phosphoric acid groups is 1. The molecule has 54 valence electrons. The summed E-state index contributed by atoms with van der Waals surface area (Å²) in [4.78, 5) is 25.6. The summed E-state index contributed by atoms with van der Waals surface area (Å²) in [7, 11) is -5.39. The van der Waals surface area contributed by atoms with Crippen molar-refractivity contribution in [2.45, 2.75) is 0 Å². The maximum absolute atomic E-state index is 8.85. The summed E-state index contributed by atoms with van der Waals surface area (Å²) in [6.45, 7) is 0. The molecule has 0 aromatic rings. The standard InChI is InChI=1S/CHNOS.K.H3O4P/c2-1-4-3;;1-5(2,3)4/h3H;;(H3,1,2,3,4)/q;+1;/p-4. The second-order valence-corrected chi connectivity index (χ2v) is 1.87. The van der Waals surface area contributed by atoms with Crippen molar-refractivity contribution in [1.29, 1.82) is 5.26 Å². The van der Waals surface area contributed by atoms with Crippen LogP contribution in [0.2, 0.25) is 0 Å². The molecule has 0 aliphatic heterocycles. The third kappa shape index (κ3) is 108. The summed E-state index contributed by atoms with van der Waals surface area (Å²) < 4.78 is 17.4. The predicted molar refractivity (Wildman–Crippen MR) is 21.6 cm³/mol. The molecule has 0 aromatic carbocycles. The molecule has 0 atom stereocenters. The monoisotopic (exact) mass is 208 g/mol. The molecule has 0 fully saturated rings. The van der Waals surface area contributed by atoms with Gasteiger partial charge in [0.1, 0.15) is 5.40 Å². The minimum absolute atomic E-state index is 0.